The van der Waals surface area contributed by atoms with Crippen LogP contribution in [0.1, 0.15) is 31.9 Å². The van der Waals surface area contributed by atoms with Gasteiger partial charge in [-0.3, -0.25) is 9.89 Å². The number of benzene rings is 2. The van der Waals surface area contributed by atoms with E-state index >= 15 is 0 Å². The Bertz CT molecular complexity index is 1080. The molecule has 8 nitrogen and oxygen atoms in total. The largest absolute Gasteiger partial charge is 0.497 e. The van der Waals surface area contributed by atoms with E-state index in [2.05, 4.69) is 34.3 Å². The molecule has 1 aliphatic rings. The summed E-state index contributed by atoms with van der Waals surface area (Å²) in [5.74, 6) is 3.23. The molecule has 4 rings (SSSR count). The van der Waals surface area contributed by atoms with Crippen LogP contribution in [0.25, 0.3) is 11.4 Å². The third-order valence-corrected chi connectivity index (χ3v) is 6.12. The number of ether oxygens (including phenoxy) is 3. The second kappa shape index (κ2) is 10.6. The van der Waals surface area contributed by atoms with E-state index in [9.17, 15) is 4.79 Å². The van der Waals surface area contributed by atoms with Gasteiger partial charge in [0.05, 0.1) is 32.1 Å². The summed E-state index contributed by atoms with van der Waals surface area (Å²) in [6.07, 6.45) is 0.854. The van der Waals surface area contributed by atoms with Crippen LogP contribution in [-0.4, -0.2) is 47.2 Å². The summed E-state index contributed by atoms with van der Waals surface area (Å²) in [6, 6.07) is 13.3. The van der Waals surface area contributed by atoms with Crippen LogP contribution in [0.4, 0.5) is 0 Å². The van der Waals surface area contributed by atoms with Gasteiger partial charge >= 0.3 is 0 Å². The number of methoxy groups -OCH3 is 1. The van der Waals surface area contributed by atoms with E-state index in [1.807, 2.05) is 42.5 Å². The van der Waals surface area contributed by atoms with Crippen molar-refractivity contribution >= 4 is 17.7 Å². The van der Waals surface area contributed by atoms with Gasteiger partial charge in [-0.15, -0.1) is 5.10 Å². The predicted molar refractivity (Wildman–Crippen MR) is 127 cm³/mol. The van der Waals surface area contributed by atoms with Crippen molar-refractivity contribution in [3.8, 4) is 28.6 Å². The number of amides is 1. The Morgan fingerprint density at radius 1 is 1.15 bits per heavy atom. The fourth-order valence-electron chi connectivity index (χ4n) is 3.54. The molecule has 0 fully saturated rings. The van der Waals surface area contributed by atoms with Gasteiger partial charge in [-0.2, -0.15) is 0 Å². The van der Waals surface area contributed by atoms with Crippen molar-refractivity contribution < 1.29 is 19.0 Å². The van der Waals surface area contributed by atoms with Crippen molar-refractivity contribution in [1.29, 1.82) is 0 Å². The lowest BCUT2D eigenvalue weighted by Crippen LogP contribution is -2.33. The maximum Gasteiger partial charge on any atom is 0.230 e. The first kappa shape index (κ1) is 23.0. The lowest BCUT2D eigenvalue weighted by Gasteiger charge is -2.23. The van der Waals surface area contributed by atoms with Gasteiger partial charge in [0.1, 0.15) is 5.75 Å². The molecule has 0 saturated heterocycles. The first-order chi connectivity index (χ1) is 16.0. The fraction of sp³-hybridized carbons (Fsp3) is 0.375. The Hall–Kier alpha value is -3.20. The molecule has 0 bridgehead atoms. The highest BCUT2D eigenvalue weighted by atomic mass is 32.2. The number of carbonyl (C=O) groups excluding carboxylic acids is 1. The zero-order chi connectivity index (χ0) is 23.2. The smallest absolute Gasteiger partial charge is 0.230 e. The maximum atomic E-state index is 12.7. The standard InChI is InChI=1S/C24H28N4O4S/c1-15(2)22(17-7-10-19-20(13-17)32-12-4-11-31-19)25-21(29)14-33-24-26-23(27-28-24)16-5-8-18(30-3)9-6-16/h5-10,13,15,22H,4,11-12,14H2,1-3H3,(H,25,29)(H,26,27,28). The summed E-state index contributed by atoms with van der Waals surface area (Å²) < 4.78 is 16.7. The molecular formula is C24H28N4O4S. The minimum absolute atomic E-state index is 0.0818. The molecular weight excluding hydrogens is 440 g/mol. The third-order valence-electron chi connectivity index (χ3n) is 5.27. The number of hydrogen-bond donors (Lipinski definition) is 2. The molecule has 1 amide bonds. The summed E-state index contributed by atoms with van der Waals surface area (Å²) in [6.45, 7) is 5.44. The van der Waals surface area contributed by atoms with Gasteiger partial charge in [0.25, 0.3) is 0 Å². The summed E-state index contributed by atoms with van der Waals surface area (Å²) in [4.78, 5) is 17.2. The van der Waals surface area contributed by atoms with E-state index in [1.165, 1.54) is 11.8 Å². The molecule has 2 N–H and O–H groups in total. The zero-order valence-corrected chi connectivity index (χ0v) is 19.8. The predicted octanol–water partition coefficient (Wildman–Crippen LogP) is 4.25. The lowest BCUT2D eigenvalue weighted by atomic mass is 9.95. The first-order valence-corrected chi connectivity index (χ1v) is 11.9. The van der Waals surface area contributed by atoms with E-state index in [1.54, 1.807) is 7.11 Å². The van der Waals surface area contributed by atoms with Gasteiger partial charge in [-0.25, -0.2) is 4.98 Å². The summed E-state index contributed by atoms with van der Waals surface area (Å²) in [5, 5.41) is 10.8. The maximum absolute atomic E-state index is 12.7. The Morgan fingerprint density at radius 2 is 1.91 bits per heavy atom. The molecule has 0 radical (unpaired) electrons. The summed E-state index contributed by atoms with van der Waals surface area (Å²) in [7, 11) is 1.63. The molecule has 1 atom stereocenters. The quantitative estimate of drug-likeness (QED) is 0.477. The minimum Gasteiger partial charge on any atom is -0.497 e. The summed E-state index contributed by atoms with van der Waals surface area (Å²) >= 11 is 1.29. The molecule has 0 aliphatic carbocycles. The number of nitrogens with zero attached hydrogens (tertiary/aromatic N) is 2. The number of nitrogens with one attached hydrogen (secondary N) is 2. The van der Waals surface area contributed by atoms with Crippen molar-refractivity contribution in [1.82, 2.24) is 20.5 Å². The van der Waals surface area contributed by atoms with Gasteiger partial charge in [-0.05, 0) is 47.9 Å². The fourth-order valence-corrected chi connectivity index (χ4v) is 4.15. The van der Waals surface area contributed by atoms with Crippen molar-refractivity contribution in [2.24, 2.45) is 5.92 Å². The van der Waals surface area contributed by atoms with Crippen LogP contribution in [-0.2, 0) is 4.79 Å². The second-order valence-corrected chi connectivity index (χ2v) is 8.97. The Labute approximate surface area is 197 Å². The first-order valence-electron chi connectivity index (χ1n) is 10.9. The Kier molecular flexibility index (Phi) is 7.39. The normalized spacial score (nSPS) is 13.9. The number of H-pyrrole nitrogens is 1. The van der Waals surface area contributed by atoms with E-state index in [-0.39, 0.29) is 23.6 Å². The molecule has 174 valence electrons. The number of thioether (sulfide) groups is 1. The van der Waals surface area contributed by atoms with Gasteiger partial charge in [0.15, 0.2) is 17.3 Å². The van der Waals surface area contributed by atoms with Crippen LogP contribution in [0, 0.1) is 5.92 Å². The van der Waals surface area contributed by atoms with Crippen LogP contribution >= 0.6 is 11.8 Å². The van der Waals surface area contributed by atoms with Gasteiger partial charge in [-0.1, -0.05) is 31.7 Å². The molecule has 0 saturated carbocycles. The van der Waals surface area contributed by atoms with E-state index in [0.29, 0.717) is 24.2 Å². The van der Waals surface area contributed by atoms with Crippen LogP contribution in [0.5, 0.6) is 17.2 Å². The molecule has 2 heterocycles. The van der Waals surface area contributed by atoms with Crippen molar-refractivity contribution in [3.05, 3.63) is 48.0 Å². The van der Waals surface area contributed by atoms with Crippen LogP contribution in [0.15, 0.2) is 47.6 Å². The Balaban J connectivity index is 1.37. The number of aromatic amines is 1. The highest BCUT2D eigenvalue weighted by Gasteiger charge is 2.21. The number of rotatable bonds is 8. The molecule has 33 heavy (non-hydrogen) atoms. The number of aromatic nitrogens is 3. The van der Waals surface area contributed by atoms with Crippen molar-refractivity contribution in [2.45, 2.75) is 31.5 Å². The molecule has 3 aromatic rings. The highest BCUT2D eigenvalue weighted by molar-refractivity contribution is 7.99. The van der Waals surface area contributed by atoms with Gasteiger partial charge in [0.2, 0.25) is 11.1 Å². The summed E-state index contributed by atoms with van der Waals surface area (Å²) in [5.41, 5.74) is 1.89. The second-order valence-electron chi connectivity index (χ2n) is 8.03. The van der Waals surface area contributed by atoms with Gasteiger partial charge < -0.3 is 19.5 Å². The molecule has 1 aromatic heterocycles. The lowest BCUT2D eigenvalue weighted by molar-refractivity contribution is -0.119. The minimum atomic E-state index is -0.141. The number of hydrogen-bond acceptors (Lipinski definition) is 7. The molecule has 1 unspecified atom stereocenters. The topological polar surface area (TPSA) is 98.4 Å². The average molecular weight is 469 g/mol. The van der Waals surface area contributed by atoms with Crippen molar-refractivity contribution in [2.75, 3.05) is 26.1 Å². The average Bonchev–Trinajstić information content (AvgIpc) is 3.18. The van der Waals surface area contributed by atoms with Crippen LogP contribution in [0.3, 0.4) is 0 Å². The SMILES string of the molecule is COc1ccc(-c2nc(SCC(=O)NC(c3ccc4c(c3)OCCCO4)C(C)C)n[nH]2)cc1. The van der Waals surface area contributed by atoms with Crippen molar-refractivity contribution in [3.63, 3.8) is 0 Å². The third kappa shape index (κ3) is 5.78. The van der Waals surface area contributed by atoms with E-state index < -0.39 is 0 Å². The molecule has 2 aromatic carbocycles. The van der Waals surface area contributed by atoms with Gasteiger partial charge in [0, 0.05) is 12.0 Å². The monoisotopic (exact) mass is 468 g/mol. The molecule has 9 heteroatoms. The van der Waals surface area contributed by atoms with Crippen LogP contribution in [0.2, 0.25) is 0 Å². The van der Waals surface area contributed by atoms with E-state index in [0.717, 1.165) is 34.8 Å². The molecule has 0 spiro atoms. The number of carbonyl (C=O) groups is 1. The number of fused-ring (bicyclic) bond motifs is 1. The highest BCUT2D eigenvalue weighted by Crippen LogP contribution is 2.34. The molecule has 1 aliphatic heterocycles. The zero-order valence-electron chi connectivity index (χ0n) is 19.0. The van der Waals surface area contributed by atoms with E-state index in [4.69, 9.17) is 14.2 Å². The van der Waals surface area contributed by atoms with Crippen LogP contribution < -0.4 is 19.5 Å². The Morgan fingerprint density at radius 3 is 2.64 bits per heavy atom.